The Hall–Kier alpha value is -3.27. The van der Waals surface area contributed by atoms with Crippen LogP contribution in [0.3, 0.4) is 0 Å². The van der Waals surface area contributed by atoms with Gasteiger partial charge in [-0.1, -0.05) is 26.0 Å². The van der Waals surface area contributed by atoms with Gasteiger partial charge in [-0.3, -0.25) is 14.5 Å². The highest BCUT2D eigenvalue weighted by atomic mass is 19.4. The van der Waals surface area contributed by atoms with E-state index in [1.807, 2.05) is 0 Å². The summed E-state index contributed by atoms with van der Waals surface area (Å²) in [4.78, 5) is 27.7. The predicted molar refractivity (Wildman–Crippen MR) is 118 cm³/mol. The first kappa shape index (κ1) is 32.2. The molecule has 1 fully saturated rings. The minimum atomic E-state index is -5.60. The number of allylic oxidation sites excluding steroid dienone is 3. The molecule has 1 aliphatic heterocycles. The molecule has 0 aromatic carbocycles. The van der Waals surface area contributed by atoms with Gasteiger partial charge < -0.3 is 5.32 Å². The van der Waals surface area contributed by atoms with E-state index in [9.17, 15) is 62.3 Å². The number of hydrogen-bond acceptors (Lipinski definition) is 3. The van der Waals surface area contributed by atoms with Crippen LogP contribution in [0.25, 0.3) is 0 Å². The number of aromatic nitrogens is 1. The fourth-order valence-electron chi connectivity index (χ4n) is 4.86. The van der Waals surface area contributed by atoms with Crippen molar-refractivity contribution < 1.29 is 62.3 Å². The minimum absolute atomic E-state index is 0.0781. The summed E-state index contributed by atoms with van der Waals surface area (Å²) in [6.45, 7) is -0.240. The summed E-state index contributed by atoms with van der Waals surface area (Å²) in [5, 5.41) is 2.17. The van der Waals surface area contributed by atoms with E-state index in [0.717, 1.165) is 12.1 Å². The van der Waals surface area contributed by atoms with Gasteiger partial charge in [0.05, 0.1) is 11.5 Å². The molecule has 0 radical (unpaired) electrons. The molecule has 17 heteroatoms. The molecule has 1 N–H and O–H groups in total. The highest BCUT2D eigenvalue weighted by Crippen LogP contribution is 2.58. The van der Waals surface area contributed by atoms with Gasteiger partial charge in [-0.15, -0.1) is 0 Å². The first-order valence-electron chi connectivity index (χ1n) is 11.8. The number of pyridine rings is 1. The van der Waals surface area contributed by atoms with E-state index in [1.165, 1.54) is 6.92 Å². The van der Waals surface area contributed by atoms with Crippen LogP contribution >= 0.6 is 0 Å². The summed E-state index contributed by atoms with van der Waals surface area (Å²) in [6.07, 6.45) is -23.7. The average Bonchev–Trinajstić information content (AvgIpc) is 3.18. The van der Waals surface area contributed by atoms with Crippen LogP contribution in [-0.4, -0.2) is 41.9 Å². The molecule has 5 nitrogen and oxygen atoms in total. The molecule has 3 rings (SSSR count). The number of rotatable bonds is 5. The largest absolute Gasteiger partial charge is 0.433 e. The van der Waals surface area contributed by atoms with Crippen LogP contribution in [0.5, 0.6) is 0 Å². The van der Waals surface area contributed by atoms with Crippen LogP contribution in [0.4, 0.5) is 58.5 Å². The van der Waals surface area contributed by atoms with Crippen LogP contribution in [0, 0.1) is 17.3 Å². The summed E-state index contributed by atoms with van der Waals surface area (Å²) >= 11 is 0. The van der Waals surface area contributed by atoms with E-state index >= 15 is 0 Å². The minimum Gasteiger partial charge on any atom is -0.352 e. The van der Waals surface area contributed by atoms with Gasteiger partial charge in [0.15, 0.2) is 5.69 Å². The van der Waals surface area contributed by atoms with E-state index in [-0.39, 0.29) is 23.5 Å². The van der Waals surface area contributed by atoms with E-state index in [4.69, 9.17) is 0 Å². The Balaban J connectivity index is 2.14. The number of hydrogen-bond donors (Lipinski definition) is 1. The number of anilines is 1. The van der Waals surface area contributed by atoms with Crippen LogP contribution in [0.2, 0.25) is 0 Å². The molecule has 2 amide bonds. The topological polar surface area (TPSA) is 62.3 Å². The smallest absolute Gasteiger partial charge is 0.352 e. The van der Waals surface area contributed by atoms with Crippen LogP contribution in [-0.2, 0) is 22.3 Å². The molecule has 0 spiro atoms. The lowest BCUT2D eigenvalue weighted by molar-refractivity contribution is -0.211. The molecule has 3 atom stereocenters. The lowest BCUT2D eigenvalue weighted by atomic mass is 9.66. The van der Waals surface area contributed by atoms with E-state index in [0.29, 0.717) is 6.92 Å². The number of nitrogens with zero attached hydrogens (tertiary/aromatic N) is 2. The molecule has 1 aliphatic carbocycles. The first-order valence-corrected chi connectivity index (χ1v) is 11.8. The Labute approximate surface area is 224 Å². The maximum atomic E-state index is 14.6. The van der Waals surface area contributed by atoms with Gasteiger partial charge in [0.25, 0.3) is 0 Å². The molecular formula is C24H21F12N3O2. The first-order chi connectivity index (χ1) is 18.5. The van der Waals surface area contributed by atoms with Gasteiger partial charge >= 0.3 is 24.7 Å². The second-order valence-electron chi connectivity index (χ2n) is 9.62. The van der Waals surface area contributed by atoms with E-state index < -0.39 is 102 Å². The lowest BCUT2D eigenvalue weighted by Gasteiger charge is -2.41. The predicted octanol–water partition coefficient (Wildman–Crippen LogP) is 6.66. The number of carbonyl (C=O) groups is 2. The molecule has 41 heavy (non-hydrogen) atoms. The Morgan fingerprint density at radius 1 is 1.02 bits per heavy atom. The number of alkyl halides is 12. The van der Waals surface area contributed by atoms with Gasteiger partial charge in [0, 0.05) is 31.5 Å². The molecule has 228 valence electrons. The third-order valence-corrected chi connectivity index (χ3v) is 6.99. The second kappa shape index (κ2) is 10.5. The van der Waals surface area contributed by atoms with E-state index in [1.54, 1.807) is 0 Å². The summed E-state index contributed by atoms with van der Waals surface area (Å²) in [5.41, 5.74) is -9.25. The second-order valence-corrected chi connectivity index (χ2v) is 9.62. The van der Waals surface area contributed by atoms with Crippen molar-refractivity contribution in [2.75, 3.05) is 11.4 Å². The van der Waals surface area contributed by atoms with Gasteiger partial charge in [-0.25, -0.2) is 4.98 Å². The molecule has 1 saturated heterocycles. The van der Waals surface area contributed by atoms with Crippen LogP contribution in [0.15, 0.2) is 35.4 Å². The fraction of sp³-hybridized carbons (Fsp3) is 0.542. The summed E-state index contributed by atoms with van der Waals surface area (Å²) in [5.74, 6) is -8.31. The molecule has 2 aliphatic rings. The Morgan fingerprint density at radius 2 is 1.63 bits per heavy atom. The lowest BCUT2D eigenvalue weighted by Crippen LogP contribution is -2.47. The monoisotopic (exact) mass is 611 g/mol. The van der Waals surface area contributed by atoms with E-state index in [2.05, 4.69) is 10.3 Å². The molecule has 0 bridgehead atoms. The van der Waals surface area contributed by atoms with Crippen LogP contribution in [0.1, 0.15) is 37.9 Å². The molecule has 2 heterocycles. The quantitative estimate of drug-likeness (QED) is 0.379. The molecule has 1 aromatic rings. The van der Waals surface area contributed by atoms with Crippen molar-refractivity contribution in [3.8, 4) is 0 Å². The zero-order valence-corrected chi connectivity index (χ0v) is 21.0. The maximum Gasteiger partial charge on any atom is 0.433 e. The number of carbonyl (C=O) groups excluding carboxylic acids is 2. The van der Waals surface area contributed by atoms with Gasteiger partial charge in [-0.05, 0) is 23.6 Å². The number of halogens is 12. The highest BCUT2D eigenvalue weighted by Gasteiger charge is 2.66. The SMILES string of the molecule is CCC(=O)NCc1ccc(N2CC(C3=CC(C(F)(F)F)=CC(C(F)(F)F)C3C)(C(F)(F)F)CC2=O)nc1C(F)(F)F. The van der Waals surface area contributed by atoms with Gasteiger partial charge in [0.1, 0.15) is 11.2 Å². The Kier molecular flexibility index (Phi) is 8.28. The number of nitrogens with one attached hydrogen (secondary N) is 1. The van der Waals surface area contributed by atoms with Crippen molar-refractivity contribution >= 4 is 17.6 Å². The third-order valence-electron chi connectivity index (χ3n) is 6.99. The van der Waals surface area contributed by atoms with Gasteiger partial charge in [0.2, 0.25) is 11.8 Å². The molecule has 1 aromatic heterocycles. The summed E-state index contributed by atoms with van der Waals surface area (Å²) in [6, 6.07) is 1.49. The zero-order valence-electron chi connectivity index (χ0n) is 21.0. The van der Waals surface area contributed by atoms with Crippen molar-refractivity contribution in [1.82, 2.24) is 10.3 Å². The fourth-order valence-corrected chi connectivity index (χ4v) is 4.86. The normalized spacial score (nSPS) is 24.3. The average molecular weight is 611 g/mol. The van der Waals surface area contributed by atoms with Crippen LogP contribution < -0.4 is 10.2 Å². The van der Waals surface area contributed by atoms with Crippen molar-refractivity contribution in [3.05, 3.63) is 46.7 Å². The van der Waals surface area contributed by atoms with Crippen molar-refractivity contribution in [3.63, 3.8) is 0 Å². The molecule has 0 saturated carbocycles. The third kappa shape index (κ3) is 6.32. The molecule has 3 unspecified atom stereocenters. The van der Waals surface area contributed by atoms with Crippen molar-refractivity contribution in [1.29, 1.82) is 0 Å². The Bertz CT molecular complexity index is 1260. The molecular weight excluding hydrogens is 590 g/mol. The summed E-state index contributed by atoms with van der Waals surface area (Å²) in [7, 11) is 0. The number of amides is 2. The standard InChI is InChI=1S/C24H21F12N3O2/c1-3-17(40)37-9-12-4-5-16(38-19(12)23(31,32)33)39-10-20(8-18(39)41,24(34,35)36)14-6-13(21(25,26)27)7-15(11(14)2)22(28,29)30/h4-7,11,15H,3,8-10H2,1-2H3,(H,37,40). The zero-order chi connectivity index (χ0) is 31.3. The Morgan fingerprint density at radius 3 is 2.12 bits per heavy atom. The van der Waals surface area contributed by atoms with Crippen molar-refractivity contribution in [2.45, 2.75) is 57.9 Å². The summed E-state index contributed by atoms with van der Waals surface area (Å²) < 4.78 is 166. The maximum absolute atomic E-state index is 14.6. The van der Waals surface area contributed by atoms with Crippen molar-refractivity contribution in [2.24, 2.45) is 17.3 Å². The van der Waals surface area contributed by atoms with Gasteiger partial charge in [-0.2, -0.15) is 52.7 Å². The highest BCUT2D eigenvalue weighted by molar-refractivity contribution is 5.96.